The molecule has 0 spiro atoms. The summed E-state index contributed by atoms with van der Waals surface area (Å²) in [6.07, 6.45) is 5.21. The van der Waals surface area contributed by atoms with Crippen LogP contribution in [0.4, 0.5) is 19.3 Å². The van der Waals surface area contributed by atoms with Gasteiger partial charge in [-0.3, -0.25) is 4.79 Å². The normalized spacial score (nSPS) is 29.0. The summed E-state index contributed by atoms with van der Waals surface area (Å²) in [5, 5.41) is 8.60. The number of anilines is 1. The number of carbonyl (C=O) groups is 2. The van der Waals surface area contributed by atoms with Crippen molar-refractivity contribution in [2.24, 2.45) is 11.7 Å². The topological polar surface area (TPSA) is 143 Å². The van der Waals surface area contributed by atoms with Gasteiger partial charge in [0.15, 0.2) is 9.84 Å². The van der Waals surface area contributed by atoms with Crippen molar-refractivity contribution in [3.8, 4) is 5.75 Å². The van der Waals surface area contributed by atoms with Gasteiger partial charge >= 0.3 is 6.03 Å². The molecule has 3 amide bonds. The Bertz CT molecular complexity index is 1650. The van der Waals surface area contributed by atoms with Crippen molar-refractivity contribution in [2.75, 3.05) is 44.4 Å². The van der Waals surface area contributed by atoms with Crippen LogP contribution in [0.3, 0.4) is 0 Å². The monoisotopic (exact) mass is 715 g/mol. The highest BCUT2D eigenvalue weighted by Crippen LogP contribution is 2.44. The average molecular weight is 716 g/mol. The van der Waals surface area contributed by atoms with Crippen LogP contribution in [0.5, 0.6) is 5.75 Å². The molecule has 50 heavy (non-hydrogen) atoms. The smallest absolute Gasteiger partial charge is 0.316 e. The van der Waals surface area contributed by atoms with Crippen LogP contribution in [0.1, 0.15) is 98.5 Å². The first-order chi connectivity index (χ1) is 23.8. The van der Waals surface area contributed by atoms with E-state index in [9.17, 15) is 18.0 Å². The second-order valence-electron chi connectivity index (χ2n) is 13.9. The number of benzene rings is 2. The number of piperidine rings is 1. The van der Waals surface area contributed by atoms with E-state index >= 15 is 8.78 Å². The van der Waals surface area contributed by atoms with Crippen LogP contribution in [0.25, 0.3) is 0 Å². The average Bonchev–Trinajstić information content (AvgIpc) is 3.09. The van der Waals surface area contributed by atoms with Gasteiger partial charge in [0.2, 0.25) is 5.91 Å². The van der Waals surface area contributed by atoms with Gasteiger partial charge in [-0.25, -0.2) is 22.0 Å². The lowest BCUT2D eigenvalue weighted by Crippen LogP contribution is -2.41. The molecule has 2 saturated heterocycles. The number of ether oxygens (including phenoxy) is 1. The molecule has 4 heterocycles. The van der Waals surface area contributed by atoms with E-state index < -0.39 is 45.0 Å². The summed E-state index contributed by atoms with van der Waals surface area (Å²) in [5.74, 6) is -3.53. The fourth-order valence-corrected chi connectivity index (χ4v) is 9.77. The van der Waals surface area contributed by atoms with Gasteiger partial charge < -0.3 is 31.3 Å². The number of nitrogens with two attached hydrogens (primary N) is 1. The Kier molecular flexibility index (Phi) is 12.2. The third-order valence-electron chi connectivity index (χ3n) is 10.7. The second kappa shape index (κ2) is 16.2. The third kappa shape index (κ3) is 8.84. The van der Waals surface area contributed by atoms with E-state index in [1.54, 1.807) is 24.3 Å². The molecule has 4 aliphatic heterocycles. The molecule has 13 heteroatoms. The van der Waals surface area contributed by atoms with Crippen molar-refractivity contribution in [2.45, 2.75) is 87.5 Å². The van der Waals surface area contributed by atoms with Crippen LogP contribution in [-0.4, -0.2) is 69.5 Å². The molecule has 2 fully saturated rings. The summed E-state index contributed by atoms with van der Waals surface area (Å²) in [7, 11) is -1.77. The molecule has 0 radical (unpaired) electrons. The Morgan fingerprint density at radius 1 is 1.10 bits per heavy atom. The van der Waals surface area contributed by atoms with E-state index in [2.05, 4.69) is 27.4 Å². The quantitative estimate of drug-likeness (QED) is 0.289. The van der Waals surface area contributed by atoms with Crippen LogP contribution in [-0.2, 0) is 20.6 Å². The fraction of sp³-hybridized carbons (Fsp3) is 0.568. The molecular weight excluding hydrogens is 665 g/mol. The number of fused-ring (bicyclic) bond motifs is 11. The molecule has 10 nitrogen and oxygen atoms in total. The molecule has 4 aliphatic rings. The van der Waals surface area contributed by atoms with Crippen molar-refractivity contribution in [3.63, 3.8) is 0 Å². The van der Waals surface area contributed by atoms with Gasteiger partial charge in [0, 0.05) is 43.1 Å². The molecule has 3 unspecified atom stereocenters. The number of rotatable bonds is 3. The lowest BCUT2D eigenvalue weighted by molar-refractivity contribution is -0.121. The molecule has 0 aliphatic carbocycles. The number of methoxy groups -OCH3 is 1. The number of nitrogens with zero attached hydrogens (tertiary/aromatic N) is 1. The number of carbonyl (C=O) groups excluding carboxylic acids is 2. The zero-order valence-corrected chi connectivity index (χ0v) is 29.9. The summed E-state index contributed by atoms with van der Waals surface area (Å²) >= 11 is 0. The Morgan fingerprint density at radius 3 is 2.56 bits per heavy atom. The zero-order chi connectivity index (χ0) is 36.1. The Labute approximate surface area is 294 Å². The molecular formula is C37H51F2N5O5S. The SMILES string of the molecule is C=C[C@H]1NC(C)c2cc(c(OC)cc2NC(N)=O)C2CCS(=O)(=O)C(CCCCNC(=O)CCN3CCC(CC3)C(F)(F)c3cccc1c3)C2. The van der Waals surface area contributed by atoms with Gasteiger partial charge in [0.1, 0.15) is 5.75 Å². The van der Waals surface area contributed by atoms with E-state index in [0.29, 0.717) is 93.7 Å². The predicted molar refractivity (Wildman–Crippen MR) is 191 cm³/mol. The van der Waals surface area contributed by atoms with Crippen molar-refractivity contribution < 1.29 is 31.5 Å². The van der Waals surface area contributed by atoms with Crippen LogP contribution in [0, 0.1) is 5.92 Å². The molecule has 274 valence electrons. The first-order valence-corrected chi connectivity index (χ1v) is 19.4. The number of nitrogens with one attached hydrogen (secondary N) is 3. The van der Waals surface area contributed by atoms with Gasteiger partial charge in [-0.2, -0.15) is 0 Å². The number of halogens is 2. The maximum Gasteiger partial charge on any atom is 0.316 e. The predicted octanol–water partition coefficient (Wildman–Crippen LogP) is 5.92. The van der Waals surface area contributed by atoms with Crippen LogP contribution in [0.15, 0.2) is 49.1 Å². The number of amides is 3. The van der Waals surface area contributed by atoms with E-state index in [1.165, 1.54) is 19.2 Å². The minimum absolute atomic E-state index is 0.0452. The summed E-state index contributed by atoms with van der Waals surface area (Å²) in [6, 6.07) is 8.37. The number of hydrogen-bond acceptors (Lipinski definition) is 7. The highest BCUT2D eigenvalue weighted by molar-refractivity contribution is 7.92. The van der Waals surface area contributed by atoms with Gasteiger partial charge in [-0.1, -0.05) is 30.7 Å². The van der Waals surface area contributed by atoms with Crippen molar-refractivity contribution in [1.82, 2.24) is 15.5 Å². The standard InChI is InChI=1S/C37H51F2N5O5S/c1-4-32-26-8-7-9-28(20-26)37(38,39)27-11-16-44(17-12-27)18-13-35(45)41-15-6-5-10-29-21-25(14-19-50(29,47)48)31-22-30(24(2)42-32)33(43-36(40)46)23-34(31)49-3/h4,7-9,20,22-25,27,29,32,42H,1,5-6,10-19,21H2,2-3H3,(H,41,45)(H3,40,43,46)/t24?,25?,29?,32-/m1/s1. The highest BCUT2D eigenvalue weighted by atomic mass is 32.2. The molecule has 0 aromatic heterocycles. The summed E-state index contributed by atoms with van der Waals surface area (Å²) in [4.78, 5) is 26.7. The van der Waals surface area contributed by atoms with Gasteiger partial charge in [0.25, 0.3) is 5.92 Å². The van der Waals surface area contributed by atoms with E-state index in [4.69, 9.17) is 10.5 Å². The highest BCUT2D eigenvalue weighted by Gasteiger charge is 2.43. The zero-order valence-electron chi connectivity index (χ0n) is 29.1. The van der Waals surface area contributed by atoms with Crippen molar-refractivity contribution in [3.05, 3.63) is 71.3 Å². The molecule has 5 N–H and O–H groups in total. The Balaban J connectivity index is 1.50. The number of urea groups is 1. The summed E-state index contributed by atoms with van der Waals surface area (Å²) < 4.78 is 64.2. The van der Waals surface area contributed by atoms with Gasteiger partial charge in [0.05, 0.1) is 29.8 Å². The van der Waals surface area contributed by atoms with Crippen LogP contribution >= 0.6 is 0 Å². The van der Waals surface area contributed by atoms with E-state index in [-0.39, 0.29) is 29.6 Å². The number of alkyl halides is 2. The lowest BCUT2D eigenvalue weighted by Gasteiger charge is -2.36. The molecule has 8 bridgehead atoms. The minimum atomic E-state index is -3.30. The molecule has 2 aromatic rings. The second-order valence-corrected chi connectivity index (χ2v) is 16.3. The number of hydrogen-bond donors (Lipinski definition) is 4. The molecule has 6 rings (SSSR count). The maximum absolute atomic E-state index is 16.0. The third-order valence-corrected chi connectivity index (χ3v) is 12.9. The number of sulfone groups is 1. The van der Waals surface area contributed by atoms with Crippen LogP contribution < -0.4 is 26.4 Å². The largest absolute Gasteiger partial charge is 0.496 e. The molecule has 2 aromatic carbocycles. The van der Waals surface area contributed by atoms with Crippen LogP contribution in [0.2, 0.25) is 0 Å². The fourth-order valence-electron chi connectivity index (χ4n) is 7.77. The lowest BCUT2D eigenvalue weighted by atomic mass is 9.85. The number of primary amides is 1. The van der Waals surface area contributed by atoms with E-state index in [1.807, 2.05) is 13.0 Å². The summed E-state index contributed by atoms with van der Waals surface area (Å²) in [6.45, 7) is 7.83. The Hall–Kier alpha value is -3.55. The van der Waals surface area contributed by atoms with Gasteiger partial charge in [-0.05, 0) is 93.3 Å². The van der Waals surface area contributed by atoms with Crippen molar-refractivity contribution in [1.29, 1.82) is 0 Å². The maximum atomic E-state index is 16.0. The molecule has 4 atom stereocenters. The van der Waals surface area contributed by atoms with Crippen molar-refractivity contribution >= 4 is 27.5 Å². The van der Waals surface area contributed by atoms with E-state index in [0.717, 1.165) is 5.56 Å². The molecule has 0 saturated carbocycles. The minimum Gasteiger partial charge on any atom is -0.496 e. The van der Waals surface area contributed by atoms with Gasteiger partial charge in [-0.15, -0.1) is 6.58 Å². The Morgan fingerprint density at radius 2 is 1.86 bits per heavy atom. The first-order valence-electron chi connectivity index (χ1n) is 17.7. The summed E-state index contributed by atoms with van der Waals surface area (Å²) in [5.41, 5.74) is 8.06. The first kappa shape index (κ1) is 37.7.